The SMILES string of the molecule is Cc1cc(N[C@@H](C)c2ccccc2)n2ncnc2n1. The second-order valence-electron chi connectivity index (χ2n) is 4.53. The normalized spacial score (nSPS) is 12.5. The summed E-state index contributed by atoms with van der Waals surface area (Å²) in [4.78, 5) is 8.45. The summed E-state index contributed by atoms with van der Waals surface area (Å²) in [7, 11) is 0. The van der Waals surface area contributed by atoms with Gasteiger partial charge in [0.15, 0.2) is 0 Å². The van der Waals surface area contributed by atoms with Crippen molar-refractivity contribution in [2.75, 3.05) is 5.32 Å². The molecule has 0 saturated heterocycles. The van der Waals surface area contributed by atoms with Crippen LogP contribution in [0.3, 0.4) is 0 Å². The summed E-state index contributed by atoms with van der Waals surface area (Å²) in [6.07, 6.45) is 1.51. The zero-order chi connectivity index (χ0) is 13.2. The van der Waals surface area contributed by atoms with Crippen LogP contribution >= 0.6 is 0 Å². The zero-order valence-corrected chi connectivity index (χ0v) is 10.9. The maximum absolute atomic E-state index is 4.33. The van der Waals surface area contributed by atoms with Crippen molar-refractivity contribution in [2.45, 2.75) is 19.9 Å². The quantitative estimate of drug-likeness (QED) is 0.779. The minimum absolute atomic E-state index is 0.190. The molecule has 19 heavy (non-hydrogen) atoms. The third-order valence-electron chi connectivity index (χ3n) is 3.04. The van der Waals surface area contributed by atoms with Gasteiger partial charge in [-0.05, 0) is 19.4 Å². The fourth-order valence-corrected chi connectivity index (χ4v) is 2.08. The highest BCUT2D eigenvalue weighted by Gasteiger charge is 2.09. The zero-order valence-electron chi connectivity index (χ0n) is 10.9. The standard InChI is InChI=1S/C14H15N5/c1-10-8-13(19-14(17-10)15-9-16-19)18-11(2)12-6-4-3-5-7-12/h3-9,11,18H,1-2H3/t11-/m0/s1. The molecule has 0 saturated carbocycles. The Morgan fingerprint density at radius 1 is 1.21 bits per heavy atom. The molecule has 0 aliphatic carbocycles. The summed E-state index contributed by atoms with van der Waals surface area (Å²) < 4.78 is 1.71. The number of nitrogens with one attached hydrogen (secondary N) is 1. The lowest BCUT2D eigenvalue weighted by Crippen LogP contribution is -2.11. The first-order valence-corrected chi connectivity index (χ1v) is 6.23. The summed E-state index contributed by atoms with van der Waals surface area (Å²) in [5.74, 6) is 1.51. The molecule has 0 aliphatic rings. The van der Waals surface area contributed by atoms with Gasteiger partial charge in [0.1, 0.15) is 12.1 Å². The monoisotopic (exact) mass is 253 g/mol. The smallest absolute Gasteiger partial charge is 0.254 e. The van der Waals surface area contributed by atoms with Gasteiger partial charge in [0.25, 0.3) is 5.78 Å². The van der Waals surface area contributed by atoms with E-state index in [1.165, 1.54) is 11.9 Å². The molecule has 1 atom stereocenters. The van der Waals surface area contributed by atoms with E-state index < -0.39 is 0 Å². The van der Waals surface area contributed by atoms with Gasteiger partial charge in [0.05, 0.1) is 0 Å². The van der Waals surface area contributed by atoms with E-state index in [0.717, 1.165) is 11.5 Å². The first-order valence-electron chi connectivity index (χ1n) is 6.23. The Labute approximate surface area is 111 Å². The van der Waals surface area contributed by atoms with Crippen molar-refractivity contribution in [1.29, 1.82) is 0 Å². The fraction of sp³-hybridized carbons (Fsp3) is 0.214. The highest BCUT2D eigenvalue weighted by atomic mass is 15.4. The Balaban J connectivity index is 1.95. The maximum Gasteiger partial charge on any atom is 0.254 e. The van der Waals surface area contributed by atoms with Crippen LogP contribution in [0, 0.1) is 6.92 Å². The molecule has 1 aromatic carbocycles. The second-order valence-corrected chi connectivity index (χ2v) is 4.53. The molecule has 0 amide bonds. The number of anilines is 1. The van der Waals surface area contributed by atoms with Crippen molar-refractivity contribution >= 4 is 11.6 Å². The van der Waals surface area contributed by atoms with Crippen LogP contribution in [-0.4, -0.2) is 19.6 Å². The van der Waals surface area contributed by atoms with Gasteiger partial charge < -0.3 is 5.32 Å². The van der Waals surface area contributed by atoms with Gasteiger partial charge in [0, 0.05) is 17.8 Å². The topological polar surface area (TPSA) is 55.1 Å². The predicted octanol–water partition coefficient (Wildman–Crippen LogP) is 2.61. The van der Waals surface area contributed by atoms with Crippen molar-refractivity contribution < 1.29 is 0 Å². The third-order valence-corrected chi connectivity index (χ3v) is 3.04. The molecule has 1 N–H and O–H groups in total. The minimum atomic E-state index is 0.190. The Bertz CT molecular complexity index is 689. The number of hydrogen-bond acceptors (Lipinski definition) is 4. The number of hydrogen-bond donors (Lipinski definition) is 1. The van der Waals surface area contributed by atoms with Crippen LogP contribution in [0.1, 0.15) is 24.2 Å². The molecule has 0 spiro atoms. The van der Waals surface area contributed by atoms with Crippen LogP contribution in [0.25, 0.3) is 5.78 Å². The van der Waals surface area contributed by atoms with E-state index in [0.29, 0.717) is 5.78 Å². The molecule has 0 bridgehead atoms. The highest BCUT2D eigenvalue weighted by molar-refractivity contribution is 5.46. The summed E-state index contributed by atoms with van der Waals surface area (Å²) >= 11 is 0. The summed E-state index contributed by atoms with van der Waals surface area (Å²) in [5.41, 5.74) is 2.15. The molecular formula is C14H15N5. The molecule has 2 heterocycles. The molecule has 96 valence electrons. The van der Waals surface area contributed by atoms with Gasteiger partial charge in [0.2, 0.25) is 0 Å². The van der Waals surface area contributed by atoms with Crippen molar-refractivity contribution in [3.63, 3.8) is 0 Å². The minimum Gasteiger partial charge on any atom is -0.363 e. The number of nitrogens with zero attached hydrogens (tertiary/aromatic N) is 4. The summed E-state index contributed by atoms with van der Waals surface area (Å²) in [6.45, 7) is 4.07. The lowest BCUT2D eigenvalue weighted by Gasteiger charge is -2.16. The maximum atomic E-state index is 4.33. The largest absolute Gasteiger partial charge is 0.363 e. The van der Waals surface area contributed by atoms with E-state index in [4.69, 9.17) is 0 Å². The van der Waals surface area contributed by atoms with Gasteiger partial charge in [-0.3, -0.25) is 0 Å². The van der Waals surface area contributed by atoms with Crippen molar-refractivity contribution in [3.05, 3.63) is 54.0 Å². The molecule has 5 nitrogen and oxygen atoms in total. The number of aryl methyl sites for hydroxylation is 1. The predicted molar refractivity (Wildman–Crippen MR) is 74.0 cm³/mol. The van der Waals surface area contributed by atoms with Gasteiger partial charge in [-0.2, -0.15) is 14.6 Å². The van der Waals surface area contributed by atoms with E-state index in [-0.39, 0.29) is 6.04 Å². The summed E-state index contributed by atoms with van der Waals surface area (Å²) in [6, 6.07) is 12.5. The lowest BCUT2D eigenvalue weighted by atomic mass is 10.1. The van der Waals surface area contributed by atoms with Gasteiger partial charge >= 0.3 is 0 Å². The Morgan fingerprint density at radius 2 is 2.00 bits per heavy atom. The molecule has 2 aromatic heterocycles. The van der Waals surface area contributed by atoms with Crippen molar-refractivity contribution in [3.8, 4) is 0 Å². The lowest BCUT2D eigenvalue weighted by molar-refractivity contribution is 0.837. The van der Waals surface area contributed by atoms with Crippen LogP contribution in [0.2, 0.25) is 0 Å². The Morgan fingerprint density at radius 3 is 2.79 bits per heavy atom. The van der Waals surface area contributed by atoms with Crippen LogP contribution < -0.4 is 5.32 Å². The van der Waals surface area contributed by atoms with E-state index in [1.807, 2.05) is 31.2 Å². The van der Waals surface area contributed by atoms with E-state index >= 15 is 0 Å². The van der Waals surface area contributed by atoms with Gasteiger partial charge in [-0.1, -0.05) is 30.3 Å². The molecule has 0 fully saturated rings. The second kappa shape index (κ2) is 4.68. The summed E-state index contributed by atoms with van der Waals surface area (Å²) in [5, 5.41) is 7.64. The van der Waals surface area contributed by atoms with Crippen LogP contribution in [0.15, 0.2) is 42.7 Å². The van der Waals surface area contributed by atoms with E-state index in [1.54, 1.807) is 4.52 Å². The number of aromatic nitrogens is 4. The average Bonchev–Trinajstić information content (AvgIpc) is 2.88. The molecule has 3 rings (SSSR count). The highest BCUT2D eigenvalue weighted by Crippen LogP contribution is 2.19. The van der Waals surface area contributed by atoms with Crippen LogP contribution in [-0.2, 0) is 0 Å². The van der Waals surface area contributed by atoms with Crippen molar-refractivity contribution in [2.24, 2.45) is 0 Å². The Hall–Kier alpha value is -2.43. The molecule has 0 aliphatic heterocycles. The molecule has 3 aromatic rings. The van der Waals surface area contributed by atoms with Crippen LogP contribution in [0.5, 0.6) is 0 Å². The number of rotatable bonds is 3. The molecule has 0 unspecified atom stereocenters. The molecule has 0 radical (unpaired) electrons. The first-order chi connectivity index (χ1) is 9.24. The number of benzene rings is 1. The Kier molecular flexibility index (Phi) is 2.87. The first kappa shape index (κ1) is 11.6. The van der Waals surface area contributed by atoms with Crippen molar-refractivity contribution in [1.82, 2.24) is 19.6 Å². The average molecular weight is 253 g/mol. The van der Waals surface area contributed by atoms with E-state index in [2.05, 4.69) is 39.4 Å². The fourth-order valence-electron chi connectivity index (χ4n) is 2.08. The third kappa shape index (κ3) is 2.27. The van der Waals surface area contributed by atoms with E-state index in [9.17, 15) is 0 Å². The van der Waals surface area contributed by atoms with Crippen LogP contribution in [0.4, 0.5) is 5.82 Å². The number of fused-ring (bicyclic) bond motifs is 1. The molecular weight excluding hydrogens is 238 g/mol. The molecule has 5 heteroatoms. The van der Waals surface area contributed by atoms with Gasteiger partial charge in [-0.15, -0.1) is 0 Å². The van der Waals surface area contributed by atoms with Gasteiger partial charge in [-0.25, -0.2) is 4.98 Å².